The first-order chi connectivity index (χ1) is 17.4. The molecule has 5 rings (SSSR count). The molecule has 0 bridgehead atoms. The van der Waals surface area contributed by atoms with Crippen LogP contribution in [0.3, 0.4) is 0 Å². The zero-order valence-electron chi connectivity index (χ0n) is 20.0. The van der Waals surface area contributed by atoms with Gasteiger partial charge in [-0.1, -0.05) is 60.7 Å². The highest BCUT2D eigenvalue weighted by Crippen LogP contribution is 2.32. The molecule has 7 heteroatoms. The van der Waals surface area contributed by atoms with E-state index >= 15 is 0 Å². The minimum atomic E-state index is -3.78. The number of nitrogens with two attached hydrogens (primary N) is 1. The number of fused-ring (bicyclic) bond motifs is 2. The lowest BCUT2D eigenvalue weighted by Gasteiger charge is -2.30. The van der Waals surface area contributed by atoms with Gasteiger partial charge in [0.2, 0.25) is 5.91 Å². The Bertz CT molecular complexity index is 1510. The Kier molecular flexibility index (Phi) is 6.76. The number of carbonyl (C=O) groups is 1. The molecule has 0 aliphatic carbocycles. The van der Waals surface area contributed by atoms with Gasteiger partial charge in [0.15, 0.2) is 0 Å². The van der Waals surface area contributed by atoms with Gasteiger partial charge in [-0.05, 0) is 65.6 Å². The number of carbonyl (C=O) groups excluding carboxylic acids is 1. The SMILES string of the molecule is NCc1ccc(CCC(=O)N2CCCc3cc(NS(=O)(=O)c4cccc5ccccc45)ccc32)cc1. The normalized spacial score (nSPS) is 13.4. The van der Waals surface area contributed by atoms with Crippen LogP contribution in [0.1, 0.15) is 29.5 Å². The number of hydrogen-bond donors (Lipinski definition) is 2. The Morgan fingerprint density at radius 1 is 0.917 bits per heavy atom. The Morgan fingerprint density at radius 2 is 1.67 bits per heavy atom. The lowest BCUT2D eigenvalue weighted by molar-refractivity contribution is -0.118. The van der Waals surface area contributed by atoms with Gasteiger partial charge in [-0.25, -0.2) is 8.42 Å². The molecule has 0 fully saturated rings. The average molecular weight is 500 g/mol. The fraction of sp³-hybridized carbons (Fsp3) is 0.207. The molecule has 0 atom stereocenters. The maximum absolute atomic E-state index is 13.2. The van der Waals surface area contributed by atoms with Crippen molar-refractivity contribution in [2.45, 2.75) is 37.1 Å². The summed E-state index contributed by atoms with van der Waals surface area (Å²) < 4.78 is 29.2. The van der Waals surface area contributed by atoms with Gasteiger partial charge in [0.25, 0.3) is 10.0 Å². The van der Waals surface area contributed by atoms with E-state index in [0.717, 1.165) is 40.6 Å². The number of anilines is 2. The summed E-state index contributed by atoms with van der Waals surface area (Å²) in [5.74, 6) is 0.0722. The molecule has 0 radical (unpaired) electrons. The molecule has 6 nitrogen and oxygen atoms in total. The maximum Gasteiger partial charge on any atom is 0.262 e. The lowest BCUT2D eigenvalue weighted by Crippen LogP contribution is -2.35. The molecule has 4 aromatic rings. The second kappa shape index (κ2) is 10.1. The summed E-state index contributed by atoms with van der Waals surface area (Å²) in [6.07, 6.45) is 2.71. The van der Waals surface area contributed by atoms with E-state index in [9.17, 15) is 13.2 Å². The summed E-state index contributed by atoms with van der Waals surface area (Å²) in [7, 11) is -3.78. The van der Waals surface area contributed by atoms with Crippen molar-refractivity contribution in [1.29, 1.82) is 0 Å². The lowest BCUT2D eigenvalue weighted by atomic mass is 10.00. The first kappa shape index (κ1) is 24.0. The summed E-state index contributed by atoms with van der Waals surface area (Å²) in [6, 6.07) is 26.2. The molecular weight excluding hydrogens is 470 g/mol. The number of nitrogens with one attached hydrogen (secondary N) is 1. The van der Waals surface area contributed by atoms with E-state index in [0.29, 0.717) is 37.0 Å². The third-order valence-electron chi connectivity index (χ3n) is 6.68. The van der Waals surface area contributed by atoms with Crippen molar-refractivity contribution in [3.63, 3.8) is 0 Å². The molecule has 0 unspecified atom stereocenters. The van der Waals surface area contributed by atoms with Gasteiger partial charge in [-0.3, -0.25) is 9.52 Å². The Balaban J connectivity index is 1.32. The second-order valence-corrected chi connectivity index (χ2v) is 10.7. The van der Waals surface area contributed by atoms with Gasteiger partial charge in [0.05, 0.1) is 4.90 Å². The maximum atomic E-state index is 13.2. The van der Waals surface area contributed by atoms with E-state index in [1.165, 1.54) is 0 Å². The first-order valence-electron chi connectivity index (χ1n) is 12.2. The van der Waals surface area contributed by atoms with Crippen molar-refractivity contribution >= 4 is 38.1 Å². The summed E-state index contributed by atoms with van der Waals surface area (Å²) in [6.45, 7) is 1.17. The quantitative estimate of drug-likeness (QED) is 0.374. The van der Waals surface area contributed by atoms with Gasteiger partial charge < -0.3 is 10.6 Å². The monoisotopic (exact) mass is 499 g/mol. The largest absolute Gasteiger partial charge is 0.326 e. The molecule has 3 N–H and O–H groups in total. The second-order valence-electron chi connectivity index (χ2n) is 9.10. The molecule has 0 aromatic heterocycles. The van der Waals surface area contributed by atoms with Crippen molar-refractivity contribution in [3.8, 4) is 0 Å². The molecule has 1 amide bonds. The number of nitrogens with zero attached hydrogens (tertiary/aromatic N) is 1. The van der Waals surface area contributed by atoms with Gasteiger partial charge in [0, 0.05) is 36.3 Å². The van der Waals surface area contributed by atoms with E-state index in [1.807, 2.05) is 71.6 Å². The van der Waals surface area contributed by atoms with E-state index in [2.05, 4.69) is 4.72 Å². The molecule has 1 aliphatic heterocycles. The van der Waals surface area contributed by atoms with Gasteiger partial charge in [-0.2, -0.15) is 0 Å². The highest BCUT2D eigenvalue weighted by Gasteiger charge is 2.24. The summed E-state index contributed by atoms with van der Waals surface area (Å²) >= 11 is 0. The predicted octanol–water partition coefficient (Wildman–Crippen LogP) is 5.01. The van der Waals surface area contributed by atoms with Crippen LogP contribution in [0.2, 0.25) is 0 Å². The van der Waals surface area contributed by atoms with Crippen LogP contribution in [0.25, 0.3) is 10.8 Å². The van der Waals surface area contributed by atoms with E-state index in [4.69, 9.17) is 5.73 Å². The Hall–Kier alpha value is -3.68. The van der Waals surface area contributed by atoms with Crippen LogP contribution in [-0.2, 0) is 34.2 Å². The molecule has 0 saturated carbocycles. The molecule has 1 aliphatic rings. The molecule has 0 spiro atoms. The van der Waals surface area contributed by atoms with Gasteiger partial charge >= 0.3 is 0 Å². The predicted molar refractivity (Wildman–Crippen MR) is 145 cm³/mol. The molecule has 4 aromatic carbocycles. The first-order valence-corrected chi connectivity index (χ1v) is 13.6. The Morgan fingerprint density at radius 3 is 2.47 bits per heavy atom. The Labute approximate surface area is 211 Å². The van der Waals surface area contributed by atoms with Crippen molar-refractivity contribution in [2.24, 2.45) is 5.73 Å². The number of rotatable bonds is 7. The van der Waals surface area contributed by atoms with Crippen LogP contribution in [0.5, 0.6) is 0 Å². The number of hydrogen-bond acceptors (Lipinski definition) is 4. The highest BCUT2D eigenvalue weighted by molar-refractivity contribution is 7.93. The summed E-state index contributed by atoms with van der Waals surface area (Å²) in [4.78, 5) is 15.1. The zero-order chi connectivity index (χ0) is 25.1. The van der Waals surface area contributed by atoms with Crippen molar-refractivity contribution in [1.82, 2.24) is 0 Å². The van der Waals surface area contributed by atoms with Gasteiger partial charge in [-0.15, -0.1) is 0 Å². The van der Waals surface area contributed by atoms with Crippen LogP contribution < -0.4 is 15.4 Å². The minimum Gasteiger partial charge on any atom is -0.326 e. The number of aryl methyl sites for hydroxylation is 2. The molecular formula is C29H29N3O3S. The smallest absolute Gasteiger partial charge is 0.262 e. The van der Waals surface area contributed by atoms with Crippen molar-refractivity contribution < 1.29 is 13.2 Å². The fourth-order valence-electron chi connectivity index (χ4n) is 4.79. The average Bonchev–Trinajstić information content (AvgIpc) is 2.91. The molecule has 184 valence electrons. The van der Waals surface area contributed by atoms with Crippen molar-refractivity contribution in [3.05, 3.63) is 102 Å². The number of benzene rings is 4. The van der Waals surface area contributed by atoms with Gasteiger partial charge in [0.1, 0.15) is 0 Å². The summed E-state index contributed by atoms with van der Waals surface area (Å²) in [5, 5.41) is 1.55. The third-order valence-corrected chi connectivity index (χ3v) is 8.12. The summed E-state index contributed by atoms with van der Waals surface area (Å²) in [5.41, 5.74) is 10.2. The fourth-order valence-corrected chi connectivity index (χ4v) is 6.07. The number of amides is 1. The minimum absolute atomic E-state index is 0.0722. The molecule has 36 heavy (non-hydrogen) atoms. The van der Waals surface area contributed by atoms with Crippen LogP contribution in [0, 0.1) is 0 Å². The van der Waals surface area contributed by atoms with Crippen LogP contribution in [0.15, 0.2) is 89.8 Å². The zero-order valence-corrected chi connectivity index (χ0v) is 20.8. The van der Waals surface area contributed by atoms with E-state index in [1.54, 1.807) is 18.2 Å². The standard InChI is InChI=1S/C29H29N3O3S/c30-20-22-12-10-21(11-13-22)14-17-29(33)32-18-4-7-24-19-25(15-16-27(24)32)31-36(34,35)28-9-3-6-23-5-1-2-8-26(23)28/h1-3,5-6,8-13,15-16,19,31H,4,7,14,17-18,20,30H2. The molecule has 0 saturated heterocycles. The van der Waals surface area contributed by atoms with Crippen LogP contribution >= 0.6 is 0 Å². The third kappa shape index (κ3) is 4.98. The number of sulfonamides is 1. The van der Waals surface area contributed by atoms with Crippen LogP contribution in [0.4, 0.5) is 11.4 Å². The van der Waals surface area contributed by atoms with E-state index in [-0.39, 0.29) is 10.8 Å². The van der Waals surface area contributed by atoms with Crippen LogP contribution in [-0.4, -0.2) is 20.9 Å². The van der Waals surface area contributed by atoms with Crippen molar-refractivity contribution in [2.75, 3.05) is 16.2 Å². The highest BCUT2D eigenvalue weighted by atomic mass is 32.2. The topological polar surface area (TPSA) is 92.5 Å². The van der Waals surface area contributed by atoms with E-state index < -0.39 is 10.0 Å². The molecule has 1 heterocycles.